The molecule has 1 saturated heterocycles. The third-order valence-corrected chi connectivity index (χ3v) is 2.56. The second-order valence-electron chi connectivity index (χ2n) is 3.15. The zero-order valence-corrected chi connectivity index (χ0v) is 6.96. The topological polar surface area (TPSA) is 84.2 Å². The van der Waals surface area contributed by atoms with Crippen LogP contribution in [-0.2, 0) is 0 Å². The van der Waals surface area contributed by atoms with Gasteiger partial charge in [0.05, 0.1) is 37.5 Å². The number of likely N-dealkylation sites (N-methyl/N-ethyl adjacent to an activating group) is 1. The normalized spacial score (nSPS) is 43.8. The van der Waals surface area contributed by atoms with E-state index in [1.165, 1.54) is 0 Å². The number of nitrogens with zero attached hydrogens (tertiary/aromatic N) is 1. The van der Waals surface area contributed by atoms with Gasteiger partial charge in [-0.15, -0.1) is 0 Å². The maximum Gasteiger partial charge on any atom is 0.0992 e. The Bertz CT molecular complexity index is 138. The molecule has 1 fully saturated rings. The average Bonchev–Trinajstić information content (AvgIpc) is 2.25. The number of likely N-dealkylation sites (tertiary alicyclic amines) is 1. The molecular formula is C7H15NO4. The van der Waals surface area contributed by atoms with E-state index in [2.05, 4.69) is 0 Å². The summed E-state index contributed by atoms with van der Waals surface area (Å²) in [6, 6.07) is -0.950. The summed E-state index contributed by atoms with van der Waals surface area (Å²) in [6.45, 7) is -0.434. The van der Waals surface area contributed by atoms with Crippen molar-refractivity contribution in [1.82, 2.24) is 4.90 Å². The van der Waals surface area contributed by atoms with Crippen molar-refractivity contribution in [2.45, 2.75) is 24.3 Å². The van der Waals surface area contributed by atoms with Gasteiger partial charge in [-0.3, -0.25) is 4.90 Å². The van der Waals surface area contributed by atoms with Gasteiger partial charge in [-0.1, -0.05) is 0 Å². The highest BCUT2D eigenvalue weighted by molar-refractivity contribution is 4.98. The quantitative estimate of drug-likeness (QED) is 0.371. The van der Waals surface area contributed by atoms with E-state index in [-0.39, 0.29) is 13.2 Å². The number of aliphatic hydroxyl groups is 4. The second-order valence-corrected chi connectivity index (χ2v) is 3.15. The van der Waals surface area contributed by atoms with Gasteiger partial charge >= 0.3 is 0 Å². The molecule has 4 atom stereocenters. The van der Waals surface area contributed by atoms with Crippen LogP contribution in [0.5, 0.6) is 0 Å². The highest BCUT2D eigenvalue weighted by Crippen LogP contribution is 2.22. The van der Waals surface area contributed by atoms with Gasteiger partial charge in [0.2, 0.25) is 0 Å². The van der Waals surface area contributed by atoms with Crippen LogP contribution in [0.15, 0.2) is 0 Å². The fraction of sp³-hybridized carbons (Fsp3) is 1.00. The Morgan fingerprint density at radius 2 is 1.33 bits per heavy atom. The van der Waals surface area contributed by atoms with E-state index in [1.54, 1.807) is 11.9 Å². The van der Waals surface area contributed by atoms with Crippen LogP contribution >= 0.6 is 0 Å². The summed E-state index contributed by atoms with van der Waals surface area (Å²) in [5.41, 5.74) is 0. The zero-order chi connectivity index (χ0) is 9.30. The van der Waals surface area contributed by atoms with Crippen LogP contribution in [0.1, 0.15) is 0 Å². The van der Waals surface area contributed by atoms with E-state index in [0.717, 1.165) is 0 Å². The highest BCUT2D eigenvalue weighted by Gasteiger charge is 2.44. The second kappa shape index (κ2) is 3.68. The van der Waals surface area contributed by atoms with Gasteiger partial charge < -0.3 is 20.4 Å². The van der Waals surface area contributed by atoms with Gasteiger partial charge in [-0.25, -0.2) is 0 Å². The molecule has 0 aliphatic carbocycles. The summed E-state index contributed by atoms with van der Waals surface area (Å²) in [7, 11) is 1.65. The number of hydrogen-bond donors (Lipinski definition) is 4. The fourth-order valence-corrected chi connectivity index (χ4v) is 1.66. The molecule has 1 rings (SSSR count). The van der Waals surface area contributed by atoms with Crippen molar-refractivity contribution in [3.05, 3.63) is 0 Å². The van der Waals surface area contributed by atoms with Crippen molar-refractivity contribution < 1.29 is 20.4 Å². The monoisotopic (exact) mass is 177 g/mol. The third-order valence-electron chi connectivity index (χ3n) is 2.56. The summed E-state index contributed by atoms with van der Waals surface area (Å²) in [5, 5.41) is 36.4. The molecule has 0 bridgehead atoms. The Morgan fingerprint density at radius 3 is 1.50 bits per heavy atom. The summed E-state index contributed by atoms with van der Waals surface area (Å²) < 4.78 is 0. The lowest BCUT2D eigenvalue weighted by Gasteiger charge is -2.22. The summed E-state index contributed by atoms with van der Waals surface area (Å²) in [6.07, 6.45) is -1.95. The molecule has 0 aromatic carbocycles. The molecule has 5 heteroatoms. The van der Waals surface area contributed by atoms with Crippen LogP contribution in [0.2, 0.25) is 0 Å². The summed E-state index contributed by atoms with van der Waals surface area (Å²) in [4.78, 5) is 1.59. The fourth-order valence-electron chi connectivity index (χ4n) is 1.66. The van der Waals surface area contributed by atoms with Gasteiger partial charge in [0.25, 0.3) is 0 Å². The molecule has 0 aromatic heterocycles. The molecule has 0 radical (unpaired) electrons. The minimum Gasteiger partial charge on any atom is -0.395 e. The smallest absolute Gasteiger partial charge is 0.0992 e. The first-order valence-corrected chi connectivity index (χ1v) is 3.93. The predicted molar refractivity (Wildman–Crippen MR) is 41.5 cm³/mol. The van der Waals surface area contributed by atoms with E-state index < -0.39 is 24.3 Å². The first-order valence-electron chi connectivity index (χ1n) is 3.93. The predicted octanol–water partition coefficient (Wildman–Crippen LogP) is -2.62. The van der Waals surface area contributed by atoms with Crippen LogP contribution < -0.4 is 0 Å². The lowest BCUT2D eigenvalue weighted by atomic mass is 10.1. The van der Waals surface area contributed by atoms with Crippen LogP contribution in [0, 0.1) is 0 Å². The van der Waals surface area contributed by atoms with E-state index in [9.17, 15) is 10.2 Å². The molecule has 0 saturated carbocycles. The van der Waals surface area contributed by atoms with E-state index >= 15 is 0 Å². The van der Waals surface area contributed by atoms with Crippen LogP contribution in [0.3, 0.4) is 0 Å². The van der Waals surface area contributed by atoms with Crippen molar-refractivity contribution in [3.8, 4) is 0 Å². The van der Waals surface area contributed by atoms with Crippen molar-refractivity contribution in [2.24, 2.45) is 0 Å². The molecule has 5 nitrogen and oxygen atoms in total. The van der Waals surface area contributed by atoms with Crippen molar-refractivity contribution in [3.63, 3.8) is 0 Å². The molecule has 0 amide bonds. The van der Waals surface area contributed by atoms with Crippen LogP contribution in [0.4, 0.5) is 0 Å². The molecule has 4 N–H and O–H groups in total. The zero-order valence-electron chi connectivity index (χ0n) is 6.96. The van der Waals surface area contributed by atoms with Crippen molar-refractivity contribution in [1.29, 1.82) is 0 Å². The Kier molecular flexibility index (Phi) is 3.03. The molecule has 72 valence electrons. The minimum absolute atomic E-state index is 0.217. The minimum atomic E-state index is -0.975. The van der Waals surface area contributed by atoms with E-state index in [1.807, 2.05) is 0 Å². The van der Waals surface area contributed by atoms with Crippen LogP contribution in [0.25, 0.3) is 0 Å². The number of hydrogen-bond acceptors (Lipinski definition) is 5. The first-order chi connectivity index (χ1) is 5.63. The van der Waals surface area contributed by atoms with Gasteiger partial charge in [-0.2, -0.15) is 0 Å². The molecule has 0 spiro atoms. The number of rotatable bonds is 2. The van der Waals surface area contributed by atoms with Gasteiger partial charge in [0.1, 0.15) is 0 Å². The molecule has 1 heterocycles. The Hall–Kier alpha value is -0.200. The van der Waals surface area contributed by atoms with E-state index in [0.29, 0.717) is 0 Å². The number of aliphatic hydroxyl groups excluding tert-OH is 4. The van der Waals surface area contributed by atoms with Crippen molar-refractivity contribution in [2.75, 3.05) is 20.3 Å². The lowest BCUT2D eigenvalue weighted by molar-refractivity contribution is 0.0130. The third kappa shape index (κ3) is 1.34. The molecule has 0 aromatic rings. The Labute approximate surface area is 70.9 Å². The Balaban J connectivity index is 2.71. The standard InChI is InChI=1S/C7H15NO4/c1-8-4(2-9)6(11)7(12)5(8)3-10/h4-7,9-12H,2-3H2,1H3/t4-,5-,6-,7-/m0/s1. The van der Waals surface area contributed by atoms with Gasteiger partial charge in [0, 0.05) is 0 Å². The molecule has 1 aliphatic heterocycles. The molecule has 0 unspecified atom stereocenters. The summed E-state index contributed by atoms with van der Waals surface area (Å²) >= 11 is 0. The van der Waals surface area contributed by atoms with Crippen molar-refractivity contribution >= 4 is 0 Å². The maximum atomic E-state index is 9.37. The molecule has 1 aliphatic rings. The van der Waals surface area contributed by atoms with Crippen LogP contribution in [-0.4, -0.2) is 69.9 Å². The highest BCUT2D eigenvalue weighted by atomic mass is 16.3. The largest absolute Gasteiger partial charge is 0.395 e. The van der Waals surface area contributed by atoms with Gasteiger partial charge in [0.15, 0.2) is 0 Å². The van der Waals surface area contributed by atoms with E-state index in [4.69, 9.17) is 10.2 Å². The first kappa shape index (κ1) is 9.88. The average molecular weight is 177 g/mol. The summed E-state index contributed by atoms with van der Waals surface area (Å²) in [5.74, 6) is 0. The SMILES string of the molecule is CN1[C@@H](CO)[C@H](O)[C@@H](O)[C@@H]1CO. The molecular weight excluding hydrogens is 162 g/mol. The van der Waals surface area contributed by atoms with Gasteiger partial charge in [-0.05, 0) is 7.05 Å². The Morgan fingerprint density at radius 1 is 1.00 bits per heavy atom. The lowest BCUT2D eigenvalue weighted by Crippen LogP contribution is -2.39. The maximum absolute atomic E-state index is 9.37. The molecule has 12 heavy (non-hydrogen) atoms.